The van der Waals surface area contributed by atoms with Crippen LogP contribution in [0.1, 0.15) is 24.2 Å². The lowest BCUT2D eigenvalue weighted by Gasteiger charge is -2.32. The van der Waals surface area contributed by atoms with Gasteiger partial charge in [-0.2, -0.15) is 5.10 Å². The number of benzene rings is 1. The van der Waals surface area contributed by atoms with Crippen LogP contribution >= 0.6 is 0 Å². The molecule has 1 saturated heterocycles. The number of aromatic nitrogens is 4. The predicted molar refractivity (Wildman–Crippen MR) is 115 cm³/mol. The number of hydrogen-bond acceptors (Lipinski definition) is 8. The number of halogens is 1. The molecule has 0 unspecified atom stereocenters. The average molecular weight is 440 g/mol. The number of rotatable bonds is 6. The molecule has 3 aromatic rings. The lowest BCUT2D eigenvalue weighted by molar-refractivity contribution is 0.161. The van der Waals surface area contributed by atoms with Gasteiger partial charge in [0.2, 0.25) is 0 Å². The molecule has 168 valence electrons. The van der Waals surface area contributed by atoms with Crippen LogP contribution < -0.4 is 20.3 Å². The van der Waals surface area contributed by atoms with E-state index in [9.17, 15) is 9.18 Å². The molecule has 1 fully saturated rings. The molecule has 0 bridgehead atoms. The summed E-state index contributed by atoms with van der Waals surface area (Å²) in [5.74, 6) is 0.723. The number of nitrogens with one attached hydrogen (secondary N) is 2. The van der Waals surface area contributed by atoms with E-state index in [4.69, 9.17) is 9.47 Å². The van der Waals surface area contributed by atoms with Gasteiger partial charge in [-0.25, -0.2) is 9.37 Å². The molecule has 0 spiro atoms. The van der Waals surface area contributed by atoms with Gasteiger partial charge in [0.25, 0.3) is 11.4 Å². The van der Waals surface area contributed by atoms with E-state index < -0.39 is 0 Å². The van der Waals surface area contributed by atoms with Gasteiger partial charge in [0.05, 0.1) is 16.7 Å². The van der Waals surface area contributed by atoms with Crippen molar-refractivity contribution in [2.24, 2.45) is 0 Å². The number of H-pyrrole nitrogens is 1. The van der Waals surface area contributed by atoms with Crippen LogP contribution in [0.3, 0.4) is 0 Å². The normalized spacial score (nSPS) is 17.0. The number of aromatic amines is 1. The average Bonchev–Trinajstić information content (AvgIpc) is 2.82. The van der Waals surface area contributed by atoms with Gasteiger partial charge in [-0.15, -0.1) is 5.10 Å². The first-order valence-corrected chi connectivity index (χ1v) is 10.9. The molecule has 0 aliphatic carbocycles. The summed E-state index contributed by atoms with van der Waals surface area (Å²) in [6, 6.07) is 6.52. The summed E-state index contributed by atoms with van der Waals surface area (Å²) in [6.07, 6.45) is 2.59. The molecule has 2 aliphatic rings. The quantitative estimate of drug-likeness (QED) is 0.593. The molecular formula is C22H25FN6O3. The molecular weight excluding hydrogens is 415 g/mol. The number of likely N-dealkylation sites (tertiary alicyclic amines) is 1. The van der Waals surface area contributed by atoms with Gasteiger partial charge < -0.3 is 24.7 Å². The zero-order chi connectivity index (χ0) is 21.9. The molecule has 0 radical (unpaired) electrons. The monoisotopic (exact) mass is 440 g/mol. The summed E-state index contributed by atoms with van der Waals surface area (Å²) >= 11 is 0. The third-order valence-electron chi connectivity index (χ3n) is 5.91. The minimum atomic E-state index is -0.389. The minimum Gasteiger partial charge on any atom is -0.484 e. The van der Waals surface area contributed by atoms with Gasteiger partial charge >= 0.3 is 0 Å². The Morgan fingerprint density at radius 3 is 2.88 bits per heavy atom. The smallest absolute Gasteiger partial charge is 0.276 e. The molecule has 2 aromatic heterocycles. The molecule has 32 heavy (non-hydrogen) atoms. The van der Waals surface area contributed by atoms with Crippen LogP contribution in [0.4, 0.5) is 4.39 Å². The first-order valence-electron chi connectivity index (χ1n) is 10.9. The highest BCUT2D eigenvalue weighted by Crippen LogP contribution is 2.26. The van der Waals surface area contributed by atoms with Gasteiger partial charge in [-0.3, -0.25) is 4.79 Å². The van der Waals surface area contributed by atoms with Crippen molar-refractivity contribution in [1.82, 2.24) is 30.4 Å². The van der Waals surface area contributed by atoms with E-state index in [0.717, 1.165) is 38.2 Å². The molecule has 4 heterocycles. The van der Waals surface area contributed by atoms with Gasteiger partial charge in [-0.05, 0) is 44.1 Å². The van der Waals surface area contributed by atoms with E-state index in [1.165, 1.54) is 12.1 Å². The fourth-order valence-electron chi connectivity index (χ4n) is 4.12. The lowest BCUT2D eigenvalue weighted by Crippen LogP contribution is -2.43. The third-order valence-corrected chi connectivity index (χ3v) is 5.91. The molecule has 10 heteroatoms. The van der Waals surface area contributed by atoms with Gasteiger partial charge in [0.1, 0.15) is 24.7 Å². The maximum Gasteiger partial charge on any atom is 0.276 e. The van der Waals surface area contributed by atoms with E-state index in [1.807, 2.05) is 6.07 Å². The highest BCUT2D eigenvalue weighted by atomic mass is 19.1. The van der Waals surface area contributed by atoms with Gasteiger partial charge in [0.15, 0.2) is 5.75 Å². The highest BCUT2D eigenvalue weighted by molar-refractivity contribution is 5.73. The molecule has 0 atom stereocenters. The third kappa shape index (κ3) is 4.71. The summed E-state index contributed by atoms with van der Waals surface area (Å²) in [5, 5.41) is 11.8. The molecule has 2 aliphatic heterocycles. The summed E-state index contributed by atoms with van der Waals surface area (Å²) in [4.78, 5) is 21.8. The van der Waals surface area contributed by atoms with Gasteiger partial charge in [-0.1, -0.05) is 0 Å². The second-order valence-electron chi connectivity index (χ2n) is 8.12. The standard InChI is InChI=1S/C22H25FN6O3/c23-14-1-2-17-19(11-14)26-21(30)18(25-17)5-8-29-6-3-15(4-7-29)24-13-16-12-20-22(28-27-16)32-10-9-31-20/h1-2,11-12,15,24H,3-10,13H2,(H,26,30). The highest BCUT2D eigenvalue weighted by Gasteiger charge is 2.20. The molecule has 2 N–H and O–H groups in total. The van der Waals surface area contributed by atoms with E-state index >= 15 is 0 Å². The minimum absolute atomic E-state index is 0.250. The number of nitrogens with zero attached hydrogens (tertiary/aromatic N) is 4. The van der Waals surface area contributed by atoms with Crippen LogP contribution in [-0.4, -0.2) is 64.0 Å². The predicted octanol–water partition coefficient (Wildman–Crippen LogP) is 1.42. The van der Waals surface area contributed by atoms with E-state index in [-0.39, 0.29) is 11.4 Å². The van der Waals surface area contributed by atoms with Gasteiger partial charge in [0, 0.05) is 31.6 Å². The van der Waals surface area contributed by atoms with Crippen LogP contribution in [0.25, 0.3) is 11.0 Å². The Morgan fingerprint density at radius 1 is 1.16 bits per heavy atom. The maximum absolute atomic E-state index is 13.3. The number of hydrogen-bond donors (Lipinski definition) is 2. The number of ether oxygens (including phenoxy) is 2. The van der Waals surface area contributed by atoms with E-state index in [2.05, 4.69) is 30.4 Å². The first kappa shape index (κ1) is 20.8. The van der Waals surface area contributed by atoms with E-state index in [0.29, 0.717) is 60.6 Å². The first-order chi connectivity index (χ1) is 15.6. The molecule has 1 aromatic carbocycles. The number of piperidine rings is 1. The van der Waals surface area contributed by atoms with E-state index in [1.54, 1.807) is 6.07 Å². The molecule has 0 amide bonds. The van der Waals surface area contributed by atoms with Crippen LogP contribution in [0.2, 0.25) is 0 Å². The Morgan fingerprint density at radius 2 is 2.00 bits per heavy atom. The van der Waals surface area contributed by atoms with Crippen molar-refractivity contribution in [3.05, 3.63) is 51.8 Å². The van der Waals surface area contributed by atoms with Crippen LogP contribution in [0.5, 0.6) is 11.6 Å². The molecule has 5 rings (SSSR count). The summed E-state index contributed by atoms with van der Waals surface area (Å²) in [7, 11) is 0. The van der Waals surface area contributed by atoms with Crippen LogP contribution in [-0.2, 0) is 13.0 Å². The Balaban J connectivity index is 1.10. The van der Waals surface area contributed by atoms with Crippen molar-refractivity contribution >= 4 is 11.0 Å². The summed E-state index contributed by atoms with van der Waals surface area (Å²) < 4.78 is 24.3. The Labute approximate surface area is 184 Å². The fraction of sp³-hybridized carbons (Fsp3) is 0.455. The van der Waals surface area contributed by atoms with Crippen molar-refractivity contribution in [2.45, 2.75) is 31.8 Å². The zero-order valence-corrected chi connectivity index (χ0v) is 17.6. The van der Waals surface area contributed by atoms with Crippen molar-refractivity contribution in [1.29, 1.82) is 0 Å². The number of fused-ring (bicyclic) bond motifs is 2. The summed E-state index contributed by atoms with van der Waals surface area (Å²) in [6.45, 7) is 4.32. The Bertz CT molecular complexity index is 1160. The second kappa shape index (κ2) is 9.17. The van der Waals surface area contributed by atoms with Crippen molar-refractivity contribution in [3.8, 4) is 11.6 Å². The Kier molecular flexibility index (Phi) is 5.95. The van der Waals surface area contributed by atoms with Crippen LogP contribution in [0, 0.1) is 5.82 Å². The second-order valence-corrected chi connectivity index (χ2v) is 8.12. The van der Waals surface area contributed by atoms with Crippen molar-refractivity contribution in [3.63, 3.8) is 0 Å². The fourth-order valence-corrected chi connectivity index (χ4v) is 4.12. The zero-order valence-electron chi connectivity index (χ0n) is 17.6. The van der Waals surface area contributed by atoms with Crippen LogP contribution in [0.15, 0.2) is 29.1 Å². The Hall–Kier alpha value is -3.11. The topological polar surface area (TPSA) is 105 Å². The molecule has 0 saturated carbocycles. The SMILES string of the molecule is O=c1[nH]c2cc(F)ccc2nc1CCN1CCC(NCc2cc3c(nn2)OCCO3)CC1. The lowest BCUT2D eigenvalue weighted by atomic mass is 10.0. The molecule has 9 nitrogen and oxygen atoms in total. The summed E-state index contributed by atoms with van der Waals surface area (Å²) in [5.41, 5.74) is 2.10. The largest absolute Gasteiger partial charge is 0.484 e. The maximum atomic E-state index is 13.3. The van der Waals surface area contributed by atoms with Crippen molar-refractivity contribution < 1.29 is 13.9 Å². The van der Waals surface area contributed by atoms with Crippen molar-refractivity contribution in [2.75, 3.05) is 32.8 Å².